The van der Waals surface area contributed by atoms with Crippen molar-refractivity contribution >= 4 is 35.4 Å². The van der Waals surface area contributed by atoms with Crippen molar-refractivity contribution in [3.63, 3.8) is 0 Å². The standard InChI is InChI=1S/C12H11NO2.C4H4N2OS2.C4H11N/c1-15-12(14)11-10(7-8-13-11)9-5-3-2-4-6-9;5-3(7)2-1-9-4(8)6-2;1-4(2,3)5/h2-8,13H,1H3;1H,(H2,5,7)(H,6,8);5H2,1-3H3. The Morgan fingerprint density at radius 2 is 1.72 bits per heavy atom. The molecular formula is C20H26N4O3S2. The van der Waals surface area contributed by atoms with Gasteiger partial charge in [0.05, 0.1) is 7.11 Å². The van der Waals surface area contributed by atoms with Gasteiger partial charge in [0.25, 0.3) is 5.91 Å². The molecule has 9 heteroatoms. The van der Waals surface area contributed by atoms with Crippen molar-refractivity contribution in [1.29, 1.82) is 0 Å². The van der Waals surface area contributed by atoms with Gasteiger partial charge >= 0.3 is 5.97 Å². The average molecular weight is 435 g/mol. The lowest BCUT2D eigenvalue weighted by atomic mass is 10.1. The van der Waals surface area contributed by atoms with Crippen molar-refractivity contribution in [3.8, 4) is 11.1 Å². The number of nitrogens with two attached hydrogens (primary N) is 2. The summed E-state index contributed by atoms with van der Waals surface area (Å²) in [7, 11) is 1.37. The minimum Gasteiger partial charge on any atom is -0.464 e. The van der Waals surface area contributed by atoms with Crippen LogP contribution in [0.4, 0.5) is 0 Å². The number of carbonyl (C=O) groups excluding carboxylic acids is 2. The molecule has 0 atom stereocenters. The number of esters is 1. The van der Waals surface area contributed by atoms with Gasteiger partial charge in [0.1, 0.15) is 11.4 Å². The maximum Gasteiger partial charge on any atom is 0.355 e. The van der Waals surface area contributed by atoms with Crippen LogP contribution >= 0.6 is 23.6 Å². The molecule has 0 saturated heterocycles. The van der Waals surface area contributed by atoms with Gasteiger partial charge in [-0.05, 0) is 44.6 Å². The highest BCUT2D eigenvalue weighted by atomic mass is 32.1. The number of thiazole rings is 1. The quantitative estimate of drug-likeness (QED) is 0.364. The van der Waals surface area contributed by atoms with Crippen molar-refractivity contribution in [2.24, 2.45) is 11.5 Å². The van der Waals surface area contributed by atoms with E-state index in [1.165, 1.54) is 18.4 Å². The first-order valence-electron chi connectivity index (χ1n) is 8.60. The summed E-state index contributed by atoms with van der Waals surface area (Å²) in [4.78, 5) is 27.3. The number of ether oxygens (including phenoxy) is 1. The van der Waals surface area contributed by atoms with E-state index in [-0.39, 0.29) is 11.5 Å². The molecule has 3 aromatic rings. The third-order valence-electron chi connectivity index (χ3n) is 3.01. The minimum absolute atomic E-state index is 0. The second-order valence-corrected chi connectivity index (χ2v) is 8.46. The van der Waals surface area contributed by atoms with Gasteiger partial charge in [-0.1, -0.05) is 30.3 Å². The van der Waals surface area contributed by atoms with E-state index in [9.17, 15) is 9.59 Å². The molecule has 7 nitrogen and oxygen atoms in total. The zero-order valence-corrected chi connectivity index (χ0v) is 18.4. The maximum absolute atomic E-state index is 11.4. The van der Waals surface area contributed by atoms with Crippen LogP contribution < -0.4 is 11.5 Å². The number of carbonyl (C=O) groups is 2. The smallest absolute Gasteiger partial charge is 0.355 e. The van der Waals surface area contributed by atoms with Crippen molar-refractivity contribution in [2.45, 2.75) is 26.3 Å². The lowest BCUT2D eigenvalue weighted by Gasteiger charge is -2.06. The summed E-state index contributed by atoms with van der Waals surface area (Å²) in [5.41, 5.74) is 13.0. The molecule has 0 fully saturated rings. The lowest BCUT2D eigenvalue weighted by Crippen LogP contribution is -2.26. The molecule has 29 heavy (non-hydrogen) atoms. The Hall–Kier alpha value is -2.75. The lowest BCUT2D eigenvalue weighted by molar-refractivity contribution is 0.0595. The number of amides is 1. The highest BCUT2D eigenvalue weighted by molar-refractivity contribution is 7.73. The highest BCUT2D eigenvalue weighted by Gasteiger charge is 2.13. The fourth-order valence-corrected chi connectivity index (χ4v) is 2.72. The van der Waals surface area contributed by atoms with Gasteiger partial charge in [-0.2, -0.15) is 0 Å². The van der Waals surface area contributed by atoms with Gasteiger partial charge in [-0.15, -0.1) is 11.3 Å². The van der Waals surface area contributed by atoms with Crippen LogP contribution in [-0.2, 0) is 4.74 Å². The fourth-order valence-electron chi connectivity index (χ4n) is 1.90. The maximum atomic E-state index is 11.4. The molecule has 2 aromatic heterocycles. The molecule has 1 amide bonds. The number of nitrogens with one attached hydrogen (secondary N) is 2. The predicted molar refractivity (Wildman–Crippen MR) is 120 cm³/mol. The number of H-pyrrole nitrogens is 2. The van der Waals surface area contributed by atoms with Gasteiger partial charge in [0.2, 0.25) is 0 Å². The first-order valence-corrected chi connectivity index (χ1v) is 9.89. The Bertz CT molecular complexity index is 963. The molecule has 0 unspecified atom stereocenters. The van der Waals surface area contributed by atoms with Crippen LogP contribution in [0.2, 0.25) is 0 Å². The zero-order valence-electron chi connectivity index (χ0n) is 16.8. The summed E-state index contributed by atoms with van der Waals surface area (Å²) >= 11 is 6.00. The van der Waals surface area contributed by atoms with E-state index >= 15 is 0 Å². The monoisotopic (exact) mass is 434 g/mol. The number of hydrogen-bond acceptors (Lipinski definition) is 6. The molecule has 0 aliphatic rings. The molecule has 6 N–H and O–H groups in total. The number of hydrogen-bond donors (Lipinski definition) is 4. The van der Waals surface area contributed by atoms with E-state index in [4.69, 9.17) is 23.7 Å². The Balaban J connectivity index is 0.000000255. The first kappa shape index (κ1) is 24.3. The van der Waals surface area contributed by atoms with E-state index in [0.29, 0.717) is 15.3 Å². The summed E-state index contributed by atoms with van der Waals surface area (Å²) in [6, 6.07) is 11.6. The number of benzene rings is 1. The molecular weight excluding hydrogens is 408 g/mol. The molecule has 2 heterocycles. The van der Waals surface area contributed by atoms with Gasteiger partial charge in [-0.25, -0.2) is 4.79 Å². The molecule has 156 valence electrons. The van der Waals surface area contributed by atoms with Gasteiger partial charge < -0.3 is 26.2 Å². The summed E-state index contributed by atoms with van der Waals surface area (Å²) in [6.45, 7) is 5.90. The second-order valence-electron chi connectivity index (χ2n) is 6.92. The summed E-state index contributed by atoms with van der Waals surface area (Å²) < 4.78 is 5.26. The largest absolute Gasteiger partial charge is 0.464 e. The minimum atomic E-state index is -0.470. The van der Waals surface area contributed by atoms with Gasteiger partial charge in [-0.3, -0.25) is 4.79 Å². The van der Waals surface area contributed by atoms with Crippen LogP contribution in [0.1, 0.15) is 41.7 Å². The first-order chi connectivity index (χ1) is 13.5. The average Bonchev–Trinajstić information content (AvgIpc) is 3.30. The third-order valence-corrected chi connectivity index (χ3v) is 4.07. The Labute approximate surface area is 179 Å². The normalized spacial score (nSPS) is 10.1. The second kappa shape index (κ2) is 11.3. The Morgan fingerprint density at radius 3 is 2.14 bits per heavy atom. The predicted octanol–water partition coefficient (Wildman–Crippen LogP) is 4.12. The van der Waals surface area contributed by atoms with Gasteiger partial charge in [0.15, 0.2) is 3.95 Å². The van der Waals surface area contributed by atoms with Crippen molar-refractivity contribution < 1.29 is 14.3 Å². The van der Waals surface area contributed by atoms with Crippen LogP contribution in [0.25, 0.3) is 11.1 Å². The Kier molecular flexibility index (Phi) is 9.46. The van der Waals surface area contributed by atoms with E-state index in [1.54, 1.807) is 11.6 Å². The Morgan fingerprint density at radius 1 is 1.14 bits per heavy atom. The molecule has 3 rings (SSSR count). The van der Waals surface area contributed by atoms with Crippen molar-refractivity contribution in [2.75, 3.05) is 7.11 Å². The van der Waals surface area contributed by atoms with Crippen LogP contribution in [0.3, 0.4) is 0 Å². The third kappa shape index (κ3) is 9.33. The molecule has 0 aliphatic heterocycles. The van der Waals surface area contributed by atoms with E-state index in [2.05, 4.69) is 14.7 Å². The molecule has 0 aliphatic carbocycles. The van der Waals surface area contributed by atoms with E-state index in [0.717, 1.165) is 11.1 Å². The molecule has 0 radical (unpaired) electrons. The number of rotatable bonds is 3. The molecule has 1 aromatic carbocycles. The summed E-state index contributed by atoms with van der Waals surface area (Å²) in [5, 5.41) is 1.60. The number of aromatic amines is 2. The van der Waals surface area contributed by atoms with Crippen molar-refractivity contribution in [3.05, 3.63) is 63.3 Å². The number of methoxy groups -OCH3 is 1. The number of primary amides is 1. The molecule has 0 spiro atoms. The SMILES string of the molecule is CC(C)(C)N.COC(=O)c1[nH]ccc1-c1ccccc1.NC(=O)c1csc(=S)[nH]1. The topological polar surface area (TPSA) is 127 Å². The van der Waals surface area contributed by atoms with Crippen LogP contribution in [-0.4, -0.2) is 34.5 Å². The zero-order chi connectivity index (χ0) is 22.0. The summed E-state index contributed by atoms with van der Waals surface area (Å²) in [5.74, 6) is -0.818. The van der Waals surface area contributed by atoms with E-state index < -0.39 is 5.91 Å². The number of aromatic nitrogens is 2. The van der Waals surface area contributed by atoms with Gasteiger partial charge in [0, 0.05) is 22.7 Å². The summed E-state index contributed by atoms with van der Waals surface area (Å²) in [6.07, 6.45) is 1.73. The van der Waals surface area contributed by atoms with Crippen molar-refractivity contribution in [1.82, 2.24) is 9.97 Å². The molecule has 0 saturated carbocycles. The van der Waals surface area contributed by atoms with Crippen LogP contribution in [0, 0.1) is 3.95 Å². The molecule has 0 bridgehead atoms. The van der Waals surface area contributed by atoms with E-state index in [1.807, 2.05) is 57.2 Å². The van der Waals surface area contributed by atoms with Crippen LogP contribution in [0.15, 0.2) is 48.0 Å². The highest BCUT2D eigenvalue weighted by Crippen LogP contribution is 2.22. The van der Waals surface area contributed by atoms with Crippen LogP contribution in [0.5, 0.6) is 0 Å². The fraction of sp³-hybridized carbons (Fsp3) is 0.250.